The summed E-state index contributed by atoms with van der Waals surface area (Å²) < 4.78 is 23.2. The van der Waals surface area contributed by atoms with Gasteiger partial charge < -0.3 is 9.47 Å². The van der Waals surface area contributed by atoms with Gasteiger partial charge in [0.1, 0.15) is 16.9 Å². The fraction of sp³-hybridized carbons (Fsp3) is 0.190. The van der Waals surface area contributed by atoms with Gasteiger partial charge in [-0.05, 0) is 48.7 Å². The van der Waals surface area contributed by atoms with Crippen LogP contribution < -0.4 is 4.74 Å². The molecule has 0 aliphatic heterocycles. The molecule has 138 valence electrons. The number of esters is 1. The van der Waals surface area contributed by atoms with Crippen molar-refractivity contribution in [1.82, 2.24) is 4.98 Å². The van der Waals surface area contributed by atoms with Crippen LogP contribution in [-0.2, 0) is 11.2 Å². The van der Waals surface area contributed by atoms with Gasteiger partial charge in [0, 0.05) is 17.1 Å². The zero-order chi connectivity index (χ0) is 19.6. The Balaban J connectivity index is 2.17. The molecule has 3 rings (SSSR count). The number of methoxy groups -OCH3 is 2. The fourth-order valence-electron chi connectivity index (χ4n) is 3.00. The summed E-state index contributed by atoms with van der Waals surface area (Å²) in [5.41, 5.74) is 2.69. The Bertz CT molecular complexity index is 1030. The number of hydrogen-bond acceptors (Lipinski definition) is 5. The van der Waals surface area contributed by atoms with Crippen molar-refractivity contribution >= 4 is 22.7 Å². The lowest BCUT2D eigenvalue weighted by molar-refractivity contribution is 0.0597. The van der Waals surface area contributed by atoms with Crippen LogP contribution in [0.25, 0.3) is 10.9 Å². The van der Waals surface area contributed by atoms with Crippen LogP contribution in [0.3, 0.4) is 0 Å². The van der Waals surface area contributed by atoms with Gasteiger partial charge in [-0.25, -0.2) is 9.18 Å². The lowest BCUT2D eigenvalue weighted by Gasteiger charge is -2.14. The minimum absolute atomic E-state index is 0.150. The van der Waals surface area contributed by atoms with Gasteiger partial charge in [0.2, 0.25) is 0 Å². The van der Waals surface area contributed by atoms with Crippen LogP contribution in [-0.4, -0.2) is 31.0 Å². The number of ether oxygens (including phenoxy) is 2. The molecule has 1 aromatic heterocycles. The monoisotopic (exact) mass is 367 g/mol. The summed E-state index contributed by atoms with van der Waals surface area (Å²) >= 11 is 0. The van der Waals surface area contributed by atoms with Crippen LogP contribution in [0.4, 0.5) is 4.39 Å². The lowest BCUT2D eigenvalue weighted by atomic mass is 9.97. The number of nitrogens with zero attached hydrogens (tertiary/aromatic N) is 1. The van der Waals surface area contributed by atoms with E-state index in [0.717, 1.165) is 11.1 Å². The number of fused-ring (bicyclic) bond motifs is 1. The minimum Gasteiger partial charge on any atom is -0.494 e. The second kappa shape index (κ2) is 7.53. The predicted octanol–water partition coefficient (Wildman–Crippen LogP) is 3.96. The van der Waals surface area contributed by atoms with Gasteiger partial charge in [0.15, 0.2) is 11.5 Å². The third-order valence-electron chi connectivity index (χ3n) is 4.29. The predicted molar refractivity (Wildman–Crippen MR) is 98.8 cm³/mol. The second-order valence-electron chi connectivity index (χ2n) is 6.10. The highest BCUT2D eigenvalue weighted by Crippen LogP contribution is 2.33. The number of pyridine rings is 1. The van der Waals surface area contributed by atoms with Crippen LogP contribution in [0.1, 0.15) is 38.8 Å². The van der Waals surface area contributed by atoms with E-state index in [0.29, 0.717) is 22.9 Å². The Morgan fingerprint density at radius 2 is 1.74 bits per heavy atom. The quantitative estimate of drug-likeness (QED) is 0.504. The van der Waals surface area contributed by atoms with Crippen LogP contribution in [0.5, 0.6) is 5.75 Å². The van der Waals surface area contributed by atoms with E-state index in [4.69, 9.17) is 9.47 Å². The second-order valence-corrected chi connectivity index (χ2v) is 6.10. The van der Waals surface area contributed by atoms with Crippen LogP contribution >= 0.6 is 0 Å². The van der Waals surface area contributed by atoms with Crippen molar-refractivity contribution in [2.24, 2.45) is 0 Å². The molecule has 0 fully saturated rings. The van der Waals surface area contributed by atoms with E-state index < -0.39 is 5.97 Å². The first-order valence-corrected chi connectivity index (χ1v) is 8.28. The van der Waals surface area contributed by atoms with Gasteiger partial charge in [-0.1, -0.05) is 12.1 Å². The van der Waals surface area contributed by atoms with E-state index in [1.54, 1.807) is 18.3 Å². The van der Waals surface area contributed by atoms with Gasteiger partial charge in [-0.15, -0.1) is 0 Å². The summed E-state index contributed by atoms with van der Waals surface area (Å²) in [6, 6.07) is 9.51. The molecule has 27 heavy (non-hydrogen) atoms. The summed E-state index contributed by atoms with van der Waals surface area (Å²) in [7, 11) is 2.70. The highest BCUT2D eigenvalue weighted by molar-refractivity contribution is 6.11. The van der Waals surface area contributed by atoms with E-state index in [2.05, 4.69) is 4.98 Å². The molecule has 0 unspecified atom stereocenters. The zero-order valence-electron chi connectivity index (χ0n) is 15.2. The normalized spacial score (nSPS) is 10.7. The number of aromatic nitrogens is 1. The molecule has 0 atom stereocenters. The van der Waals surface area contributed by atoms with Crippen LogP contribution in [0.2, 0.25) is 0 Å². The molecule has 2 aromatic carbocycles. The molecule has 0 aliphatic carbocycles. The van der Waals surface area contributed by atoms with Gasteiger partial charge in [-0.3, -0.25) is 9.78 Å². The molecule has 0 spiro atoms. The van der Waals surface area contributed by atoms with E-state index in [1.807, 2.05) is 6.07 Å². The summed E-state index contributed by atoms with van der Waals surface area (Å²) in [5.74, 6) is -0.841. The van der Waals surface area contributed by atoms with Gasteiger partial charge in [0.25, 0.3) is 0 Å². The molecular weight excluding hydrogens is 349 g/mol. The van der Waals surface area contributed by atoms with Crippen molar-refractivity contribution in [3.05, 3.63) is 70.7 Å². The lowest BCUT2D eigenvalue weighted by Crippen LogP contribution is -2.08. The van der Waals surface area contributed by atoms with Crippen molar-refractivity contribution in [2.75, 3.05) is 14.2 Å². The van der Waals surface area contributed by atoms with Gasteiger partial charge in [-0.2, -0.15) is 0 Å². The largest absolute Gasteiger partial charge is 0.494 e. The maximum Gasteiger partial charge on any atom is 0.341 e. The molecule has 1 heterocycles. The summed E-state index contributed by atoms with van der Waals surface area (Å²) in [4.78, 5) is 28.7. The van der Waals surface area contributed by atoms with Crippen LogP contribution in [0.15, 0.2) is 42.6 Å². The van der Waals surface area contributed by atoms with E-state index in [-0.39, 0.29) is 22.9 Å². The number of carbonyl (C=O) groups is 2. The smallest absolute Gasteiger partial charge is 0.341 e. The molecule has 5 nitrogen and oxygen atoms in total. The van der Waals surface area contributed by atoms with Crippen molar-refractivity contribution in [2.45, 2.75) is 13.3 Å². The van der Waals surface area contributed by atoms with Crippen LogP contribution in [0, 0.1) is 5.82 Å². The number of benzene rings is 2. The topological polar surface area (TPSA) is 65.5 Å². The summed E-state index contributed by atoms with van der Waals surface area (Å²) in [5, 5.41) is 0.589. The first kappa shape index (κ1) is 18.5. The molecule has 0 saturated carbocycles. The number of rotatable bonds is 5. The van der Waals surface area contributed by atoms with Gasteiger partial charge >= 0.3 is 5.97 Å². The van der Waals surface area contributed by atoms with Gasteiger partial charge in [0.05, 0.1) is 14.2 Å². The summed E-state index contributed by atoms with van der Waals surface area (Å²) in [6.07, 6.45) is 2.18. The van der Waals surface area contributed by atoms with E-state index in [9.17, 15) is 14.0 Å². The minimum atomic E-state index is -0.603. The van der Waals surface area contributed by atoms with E-state index in [1.165, 1.54) is 39.3 Å². The number of halogens is 1. The number of hydrogen-bond donors (Lipinski definition) is 0. The van der Waals surface area contributed by atoms with Crippen molar-refractivity contribution in [3.63, 3.8) is 0 Å². The SMILES string of the molecule is COC(=O)c1cc(C(C)=O)c2cc(Cc3ccc(F)cc3)cnc2c1OC. The first-order chi connectivity index (χ1) is 12.9. The molecule has 0 saturated heterocycles. The first-order valence-electron chi connectivity index (χ1n) is 8.28. The maximum absolute atomic E-state index is 13.1. The van der Waals surface area contributed by atoms with Crippen molar-refractivity contribution in [1.29, 1.82) is 0 Å². The third kappa shape index (κ3) is 3.65. The molecule has 0 amide bonds. The molecule has 0 radical (unpaired) electrons. The number of Topliss-reactive ketones (excluding diaryl/α,β-unsaturated/α-hetero) is 1. The fourth-order valence-corrected chi connectivity index (χ4v) is 3.00. The Morgan fingerprint density at radius 3 is 2.33 bits per heavy atom. The Kier molecular flexibility index (Phi) is 5.16. The molecule has 0 aliphatic rings. The average molecular weight is 367 g/mol. The number of ketones is 1. The standard InChI is InChI=1S/C21H18FNO4/c1-12(24)16-10-18(21(25)27-3)20(26-2)19-17(16)9-14(11-23-19)8-13-4-6-15(22)7-5-13/h4-7,9-11H,8H2,1-3H3. The third-order valence-corrected chi connectivity index (χ3v) is 4.29. The Morgan fingerprint density at radius 1 is 1.04 bits per heavy atom. The molecule has 6 heteroatoms. The Hall–Kier alpha value is -3.28. The Labute approximate surface area is 155 Å². The van der Waals surface area contributed by atoms with Crippen molar-refractivity contribution in [3.8, 4) is 5.75 Å². The molecule has 3 aromatic rings. The van der Waals surface area contributed by atoms with E-state index >= 15 is 0 Å². The molecule has 0 bridgehead atoms. The highest BCUT2D eigenvalue weighted by atomic mass is 19.1. The maximum atomic E-state index is 13.1. The molecule has 0 N–H and O–H groups in total. The molecular formula is C21H18FNO4. The zero-order valence-corrected chi connectivity index (χ0v) is 15.2. The van der Waals surface area contributed by atoms with Crippen molar-refractivity contribution < 1.29 is 23.5 Å². The summed E-state index contributed by atoms with van der Waals surface area (Å²) in [6.45, 7) is 1.43. The highest BCUT2D eigenvalue weighted by Gasteiger charge is 2.21. The average Bonchev–Trinajstić information content (AvgIpc) is 2.67. The number of carbonyl (C=O) groups excluding carboxylic acids is 2.